The Morgan fingerprint density at radius 1 is 0.789 bits per heavy atom. The molecule has 0 fully saturated rings. The van der Waals surface area contributed by atoms with Gasteiger partial charge in [0.15, 0.2) is 0 Å². The Bertz CT molecular complexity index is 510. The van der Waals surface area contributed by atoms with E-state index in [9.17, 15) is 5.11 Å². The fourth-order valence-corrected chi connectivity index (χ4v) is 3.00. The van der Waals surface area contributed by atoms with Gasteiger partial charge in [-0.15, -0.1) is 0 Å². The van der Waals surface area contributed by atoms with Crippen molar-refractivity contribution in [2.24, 2.45) is 0 Å². The maximum Gasteiger partial charge on any atom is 0.115 e. The molecule has 0 spiro atoms. The summed E-state index contributed by atoms with van der Waals surface area (Å²) in [6.07, 6.45) is 0. The Labute approximate surface area is 116 Å². The minimum Gasteiger partial charge on any atom is -0.870 e. The Balaban J connectivity index is 0.00000180. The summed E-state index contributed by atoms with van der Waals surface area (Å²) in [6.45, 7) is 6.69. The summed E-state index contributed by atoms with van der Waals surface area (Å²) in [7, 11) is 0.110. The van der Waals surface area contributed by atoms with E-state index in [1.807, 2.05) is 12.1 Å². The van der Waals surface area contributed by atoms with E-state index in [1.165, 1.54) is 16.2 Å². The van der Waals surface area contributed by atoms with Crippen LogP contribution >= 0.6 is 8.58 Å². The lowest BCUT2D eigenvalue weighted by Crippen LogP contribution is -2.12. The van der Waals surface area contributed by atoms with Crippen molar-refractivity contribution in [3.8, 4) is 5.75 Å². The lowest BCUT2D eigenvalue weighted by molar-refractivity contribution is 0.475. The molecule has 0 aromatic heterocycles. The molecule has 2 aromatic carbocycles. The third-order valence-corrected chi connectivity index (χ3v) is 4.44. The number of rotatable bonds is 2. The van der Waals surface area contributed by atoms with E-state index in [1.54, 1.807) is 12.1 Å². The van der Waals surface area contributed by atoms with Gasteiger partial charge in [-0.25, -0.2) is 0 Å². The molecule has 0 bridgehead atoms. The molecule has 1 atom stereocenters. The molecule has 2 rings (SSSR count). The third kappa shape index (κ3) is 4.34. The highest BCUT2D eigenvalue weighted by Gasteiger charge is 2.13. The molecular weight excluding hydrogens is 255 g/mol. The van der Waals surface area contributed by atoms with Crippen molar-refractivity contribution < 1.29 is 10.6 Å². The van der Waals surface area contributed by atoms with Crippen LogP contribution in [0.15, 0.2) is 48.5 Å². The highest BCUT2D eigenvalue weighted by Crippen LogP contribution is 2.22. The minimum absolute atomic E-state index is 0. The van der Waals surface area contributed by atoms with Gasteiger partial charge in [0.1, 0.15) is 5.75 Å². The van der Waals surface area contributed by atoms with Crippen LogP contribution in [0, 0.1) is 0 Å². The van der Waals surface area contributed by atoms with Crippen molar-refractivity contribution in [2.45, 2.75) is 26.2 Å². The van der Waals surface area contributed by atoms with Crippen LogP contribution in [0.3, 0.4) is 0 Å². The second kappa shape index (κ2) is 6.18. The monoisotopic (exact) mass is 276 g/mol. The molecule has 1 unspecified atom stereocenters. The normalized spacial score (nSPS) is 11.5. The van der Waals surface area contributed by atoms with E-state index in [4.69, 9.17) is 0 Å². The van der Waals surface area contributed by atoms with Crippen LogP contribution in [0.4, 0.5) is 0 Å². The summed E-state index contributed by atoms with van der Waals surface area (Å²) >= 11 is 0. The summed E-state index contributed by atoms with van der Waals surface area (Å²) in [4.78, 5) is 0. The van der Waals surface area contributed by atoms with Crippen LogP contribution in [-0.4, -0.2) is 10.6 Å². The number of aromatic hydroxyl groups is 1. The van der Waals surface area contributed by atoms with Gasteiger partial charge in [-0.3, -0.25) is 0 Å². The van der Waals surface area contributed by atoms with Gasteiger partial charge in [0.2, 0.25) is 0 Å². The summed E-state index contributed by atoms with van der Waals surface area (Å²) in [5.41, 5.74) is 1.59. The van der Waals surface area contributed by atoms with Gasteiger partial charge < -0.3 is 10.6 Å². The van der Waals surface area contributed by atoms with E-state index < -0.39 is 0 Å². The van der Waals surface area contributed by atoms with Crippen molar-refractivity contribution >= 4 is 19.2 Å². The summed E-state index contributed by atoms with van der Waals surface area (Å²) in [6, 6.07) is 16.4. The lowest BCUT2D eigenvalue weighted by Gasteiger charge is -2.18. The lowest BCUT2D eigenvalue weighted by atomic mass is 9.87. The highest BCUT2D eigenvalue weighted by atomic mass is 31.1. The molecule has 2 nitrogen and oxygen atoms in total. The van der Waals surface area contributed by atoms with Crippen LogP contribution in [0.5, 0.6) is 5.75 Å². The largest absolute Gasteiger partial charge is 0.870 e. The predicted molar refractivity (Wildman–Crippen MR) is 84.2 cm³/mol. The average Bonchev–Trinajstić information content (AvgIpc) is 2.32. The maximum absolute atomic E-state index is 9.26. The summed E-state index contributed by atoms with van der Waals surface area (Å²) < 4.78 is 0. The molecule has 3 heteroatoms. The maximum atomic E-state index is 9.26. The van der Waals surface area contributed by atoms with Crippen molar-refractivity contribution in [2.75, 3.05) is 0 Å². The number of phenolic OH excluding ortho intramolecular Hbond substituents is 1. The topological polar surface area (TPSA) is 50.2 Å². The van der Waals surface area contributed by atoms with Gasteiger partial charge in [0, 0.05) is 0 Å². The molecule has 0 saturated carbocycles. The zero-order chi connectivity index (χ0) is 13.2. The number of hydrogen-bond donors (Lipinski definition) is 1. The van der Waals surface area contributed by atoms with Crippen molar-refractivity contribution in [3.05, 3.63) is 54.1 Å². The average molecular weight is 276 g/mol. The molecule has 19 heavy (non-hydrogen) atoms. The predicted octanol–water partition coefficient (Wildman–Crippen LogP) is 2.87. The first-order valence-electron chi connectivity index (χ1n) is 6.19. The standard InChI is InChI=1S/C16H19OP.H2O/c1-16(2,3)12-4-8-14(9-5-12)18-15-10-6-13(17)7-11-15;/h4-11,17-18H,1-3H3;1H2. The highest BCUT2D eigenvalue weighted by molar-refractivity contribution is 7.55. The van der Waals surface area contributed by atoms with Crippen LogP contribution in [0.25, 0.3) is 0 Å². The molecule has 0 aliphatic heterocycles. The van der Waals surface area contributed by atoms with Crippen LogP contribution < -0.4 is 10.6 Å². The van der Waals surface area contributed by atoms with E-state index in [0.717, 1.165) is 0 Å². The van der Waals surface area contributed by atoms with Crippen molar-refractivity contribution in [3.63, 3.8) is 0 Å². The first kappa shape index (κ1) is 15.7. The summed E-state index contributed by atoms with van der Waals surface area (Å²) in [5, 5.41) is 11.9. The van der Waals surface area contributed by atoms with Crippen molar-refractivity contribution in [1.82, 2.24) is 0 Å². The van der Waals surface area contributed by atoms with Gasteiger partial charge in [-0.1, -0.05) is 32.9 Å². The first-order valence-corrected chi connectivity index (χ1v) is 7.35. The molecule has 102 valence electrons. The van der Waals surface area contributed by atoms with Gasteiger partial charge in [0.25, 0.3) is 0 Å². The Morgan fingerprint density at radius 3 is 1.63 bits per heavy atom. The first-order chi connectivity index (χ1) is 8.45. The minimum atomic E-state index is 0. The molecule has 0 aliphatic carbocycles. The van der Waals surface area contributed by atoms with Crippen molar-refractivity contribution in [1.29, 1.82) is 0 Å². The third-order valence-electron chi connectivity index (χ3n) is 3.00. The summed E-state index contributed by atoms with van der Waals surface area (Å²) in [5.74, 6) is 0.334. The molecule has 0 radical (unpaired) electrons. The molecule has 2 aromatic rings. The van der Waals surface area contributed by atoms with Gasteiger partial charge >= 0.3 is 0 Å². The van der Waals surface area contributed by atoms with E-state index in [2.05, 4.69) is 45.0 Å². The number of benzene rings is 2. The van der Waals surface area contributed by atoms with E-state index in [-0.39, 0.29) is 19.5 Å². The second-order valence-corrected chi connectivity index (χ2v) is 7.23. The fraction of sp³-hybridized carbons (Fsp3) is 0.250. The zero-order valence-corrected chi connectivity index (χ0v) is 12.7. The Kier molecular flexibility index (Phi) is 5.11. The SMILES string of the molecule is CC(C)(C)c1ccc([PH2+]c2ccc(O)cc2)cc1.[OH-]. The number of hydrogen-bond acceptors (Lipinski definition) is 2. The van der Waals surface area contributed by atoms with E-state index >= 15 is 0 Å². The Morgan fingerprint density at radius 2 is 1.21 bits per heavy atom. The van der Waals surface area contributed by atoms with Gasteiger partial charge in [0.05, 0.1) is 19.2 Å². The molecule has 0 aliphatic rings. The molecular formula is C16H21O2P. The molecule has 0 heterocycles. The van der Waals surface area contributed by atoms with Crippen LogP contribution in [0.2, 0.25) is 0 Å². The zero-order valence-electron chi connectivity index (χ0n) is 11.6. The smallest absolute Gasteiger partial charge is 0.115 e. The number of phenols is 1. The fourth-order valence-electron chi connectivity index (χ4n) is 1.84. The van der Waals surface area contributed by atoms with Crippen LogP contribution in [0.1, 0.15) is 26.3 Å². The quantitative estimate of drug-likeness (QED) is 0.857. The van der Waals surface area contributed by atoms with E-state index in [0.29, 0.717) is 5.75 Å². The Hall–Kier alpha value is -1.37. The molecule has 0 saturated heterocycles. The molecule has 2 N–H and O–H groups in total. The molecule has 0 amide bonds. The van der Waals surface area contributed by atoms with Gasteiger partial charge in [-0.05, 0) is 47.4 Å². The second-order valence-electron chi connectivity index (χ2n) is 5.61. The van der Waals surface area contributed by atoms with Crippen LogP contribution in [-0.2, 0) is 5.41 Å². The van der Waals surface area contributed by atoms with Gasteiger partial charge in [-0.2, -0.15) is 0 Å².